The van der Waals surface area contributed by atoms with E-state index >= 15 is 0 Å². The van der Waals surface area contributed by atoms with Crippen LogP contribution in [0.1, 0.15) is 12.5 Å². The average Bonchev–Trinajstić information content (AvgIpc) is 2.65. The van der Waals surface area contributed by atoms with E-state index in [1.54, 1.807) is 6.07 Å². The molecule has 0 aliphatic rings. The van der Waals surface area contributed by atoms with Crippen LogP contribution in [0.5, 0.6) is 5.75 Å². The Hall–Kier alpha value is -1.19. The number of fused-ring (bicyclic) bond motifs is 1. The summed E-state index contributed by atoms with van der Waals surface area (Å²) >= 11 is 0. The van der Waals surface area contributed by atoms with Gasteiger partial charge in [-0.05, 0) is 37.7 Å². The molecule has 2 aromatic rings. The van der Waals surface area contributed by atoms with Crippen LogP contribution >= 0.6 is 12.4 Å². The third-order valence-corrected chi connectivity index (χ3v) is 3.37. The van der Waals surface area contributed by atoms with Crippen LogP contribution in [0.15, 0.2) is 24.4 Å². The van der Waals surface area contributed by atoms with Gasteiger partial charge in [-0.25, -0.2) is 0 Å². The molecule has 3 nitrogen and oxygen atoms in total. The second-order valence-corrected chi connectivity index (χ2v) is 4.58. The van der Waals surface area contributed by atoms with Gasteiger partial charge >= 0.3 is 0 Å². The minimum absolute atomic E-state index is 0. The Labute approximate surface area is 114 Å². The molecule has 0 bridgehead atoms. The molecule has 0 aliphatic heterocycles. The highest BCUT2D eigenvalue weighted by Crippen LogP contribution is 2.29. The number of aromatic hydroxyl groups is 1. The maximum Gasteiger partial charge on any atom is 0.125 e. The molecule has 0 saturated heterocycles. The normalized spacial score (nSPS) is 10.9. The van der Waals surface area contributed by atoms with Crippen molar-refractivity contribution in [1.29, 1.82) is 0 Å². The number of hydrogen-bond acceptors (Lipinski definition) is 2. The Morgan fingerprint density at radius 1 is 1.33 bits per heavy atom. The van der Waals surface area contributed by atoms with Gasteiger partial charge in [0.15, 0.2) is 0 Å². The van der Waals surface area contributed by atoms with E-state index in [1.165, 1.54) is 5.56 Å². The molecule has 0 spiro atoms. The second-order valence-electron chi connectivity index (χ2n) is 4.58. The maximum atomic E-state index is 9.96. The van der Waals surface area contributed by atoms with E-state index < -0.39 is 0 Å². The molecule has 100 valence electrons. The van der Waals surface area contributed by atoms with Crippen molar-refractivity contribution in [1.82, 2.24) is 9.47 Å². The van der Waals surface area contributed by atoms with Gasteiger partial charge in [-0.1, -0.05) is 13.0 Å². The molecule has 0 unspecified atom stereocenters. The Bertz CT molecular complexity index is 522. The van der Waals surface area contributed by atoms with E-state index in [9.17, 15) is 5.11 Å². The average molecular weight is 269 g/mol. The summed E-state index contributed by atoms with van der Waals surface area (Å²) in [4.78, 5) is 2.28. The van der Waals surface area contributed by atoms with E-state index in [0.717, 1.165) is 30.4 Å². The highest BCUT2D eigenvalue weighted by molar-refractivity contribution is 5.89. The third kappa shape index (κ3) is 2.79. The molecule has 1 heterocycles. The molecule has 0 radical (unpaired) electrons. The fourth-order valence-electron chi connectivity index (χ4n) is 2.18. The van der Waals surface area contributed by atoms with Gasteiger partial charge in [0, 0.05) is 25.2 Å². The van der Waals surface area contributed by atoms with Crippen LogP contribution in [-0.4, -0.2) is 34.7 Å². The molecule has 0 amide bonds. The van der Waals surface area contributed by atoms with Crippen LogP contribution in [-0.2, 0) is 13.5 Å². The van der Waals surface area contributed by atoms with Gasteiger partial charge in [0.05, 0.1) is 5.52 Å². The summed E-state index contributed by atoms with van der Waals surface area (Å²) in [5.41, 5.74) is 2.32. The Morgan fingerprint density at radius 3 is 2.72 bits per heavy atom. The van der Waals surface area contributed by atoms with Gasteiger partial charge in [0.1, 0.15) is 5.75 Å². The third-order valence-electron chi connectivity index (χ3n) is 3.37. The first-order valence-electron chi connectivity index (χ1n) is 6.08. The van der Waals surface area contributed by atoms with Crippen LogP contribution in [0, 0.1) is 0 Å². The van der Waals surface area contributed by atoms with Crippen LogP contribution in [0.2, 0.25) is 0 Å². The summed E-state index contributed by atoms with van der Waals surface area (Å²) in [6.45, 7) is 4.22. The van der Waals surface area contributed by atoms with E-state index in [1.807, 2.05) is 19.2 Å². The Kier molecular flexibility index (Phi) is 5.05. The Balaban J connectivity index is 0.00000162. The van der Waals surface area contributed by atoms with Gasteiger partial charge in [0.2, 0.25) is 0 Å². The first kappa shape index (κ1) is 14.9. The largest absolute Gasteiger partial charge is 0.507 e. The van der Waals surface area contributed by atoms with Gasteiger partial charge in [-0.15, -0.1) is 12.4 Å². The molecular formula is C14H21ClN2O. The van der Waals surface area contributed by atoms with Gasteiger partial charge in [0.25, 0.3) is 0 Å². The number of phenols is 1. The molecular weight excluding hydrogens is 248 g/mol. The predicted octanol–water partition coefficient (Wildman–Crippen LogP) is 2.80. The number of aryl methyl sites for hydroxylation is 1. The van der Waals surface area contributed by atoms with Gasteiger partial charge in [-0.2, -0.15) is 0 Å². The molecule has 0 atom stereocenters. The molecule has 2 rings (SSSR count). The van der Waals surface area contributed by atoms with Crippen molar-refractivity contribution < 1.29 is 5.11 Å². The summed E-state index contributed by atoms with van der Waals surface area (Å²) in [6, 6.07) is 5.69. The zero-order valence-electron chi connectivity index (χ0n) is 11.2. The fraction of sp³-hybridized carbons (Fsp3) is 0.429. The number of likely N-dealkylation sites (N-methyl/N-ethyl adjacent to an activating group) is 1. The van der Waals surface area contributed by atoms with Crippen molar-refractivity contribution in [3.63, 3.8) is 0 Å². The van der Waals surface area contributed by atoms with Crippen LogP contribution in [0.25, 0.3) is 10.9 Å². The molecule has 18 heavy (non-hydrogen) atoms. The van der Waals surface area contributed by atoms with Gasteiger partial charge < -0.3 is 14.6 Å². The molecule has 0 saturated carbocycles. The van der Waals surface area contributed by atoms with Crippen molar-refractivity contribution >= 4 is 23.3 Å². The number of hydrogen-bond donors (Lipinski definition) is 1. The first-order chi connectivity index (χ1) is 8.13. The number of halogens is 1. The predicted molar refractivity (Wildman–Crippen MR) is 78.7 cm³/mol. The number of benzene rings is 1. The van der Waals surface area contributed by atoms with Gasteiger partial charge in [-0.3, -0.25) is 0 Å². The highest BCUT2D eigenvalue weighted by Gasteiger charge is 2.10. The summed E-state index contributed by atoms with van der Waals surface area (Å²) in [6.07, 6.45) is 3.09. The number of phenolic OH excluding ortho intramolecular Hbond substituents is 1. The van der Waals surface area contributed by atoms with Crippen LogP contribution in [0.3, 0.4) is 0 Å². The minimum atomic E-state index is 0. The smallest absolute Gasteiger partial charge is 0.125 e. The molecule has 0 fully saturated rings. The molecule has 1 N–H and O–H groups in total. The minimum Gasteiger partial charge on any atom is -0.507 e. The highest BCUT2D eigenvalue weighted by atomic mass is 35.5. The number of nitrogens with zero attached hydrogens (tertiary/aromatic N) is 2. The monoisotopic (exact) mass is 268 g/mol. The van der Waals surface area contributed by atoms with E-state index in [-0.39, 0.29) is 12.4 Å². The van der Waals surface area contributed by atoms with Crippen LogP contribution in [0.4, 0.5) is 0 Å². The molecule has 1 aromatic carbocycles. The summed E-state index contributed by atoms with van der Waals surface area (Å²) in [7, 11) is 4.14. The van der Waals surface area contributed by atoms with Crippen molar-refractivity contribution in [3.8, 4) is 5.75 Å². The Morgan fingerprint density at radius 2 is 2.06 bits per heavy atom. The quantitative estimate of drug-likeness (QED) is 0.924. The zero-order valence-corrected chi connectivity index (χ0v) is 12.0. The molecule has 1 aromatic heterocycles. The standard InChI is InChI=1S/C14H20N2O.ClH/c1-4-15(2)9-8-11-10-16(3)12-6-5-7-13(17)14(11)12;/h5-7,10,17H,4,8-9H2,1-3H3;1H. The van der Waals surface area contributed by atoms with E-state index in [4.69, 9.17) is 0 Å². The summed E-state index contributed by atoms with van der Waals surface area (Å²) in [5.74, 6) is 0.386. The lowest BCUT2D eigenvalue weighted by Gasteiger charge is -2.12. The topological polar surface area (TPSA) is 28.4 Å². The number of aromatic nitrogens is 1. The van der Waals surface area contributed by atoms with E-state index in [0.29, 0.717) is 5.75 Å². The van der Waals surface area contributed by atoms with Crippen molar-refractivity contribution in [3.05, 3.63) is 30.0 Å². The lowest BCUT2D eigenvalue weighted by atomic mass is 10.1. The summed E-state index contributed by atoms with van der Waals surface area (Å²) in [5, 5.41) is 11.0. The molecule has 4 heteroatoms. The fourth-order valence-corrected chi connectivity index (χ4v) is 2.18. The lowest BCUT2D eigenvalue weighted by molar-refractivity contribution is 0.358. The zero-order chi connectivity index (χ0) is 12.4. The SMILES string of the molecule is CCN(C)CCc1cn(C)c2cccc(O)c12.Cl. The summed E-state index contributed by atoms with van der Waals surface area (Å²) < 4.78 is 2.08. The maximum absolute atomic E-state index is 9.96. The second kappa shape index (κ2) is 6.12. The lowest BCUT2D eigenvalue weighted by Crippen LogP contribution is -2.20. The first-order valence-corrected chi connectivity index (χ1v) is 6.08. The van der Waals surface area contributed by atoms with Crippen LogP contribution < -0.4 is 0 Å². The van der Waals surface area contributed by atoms with Crippen molar-refractivity contribution in [2.45, 2.75) is 13.3 Å². The molecule has 0 aliphatic carbocycles. The van der Waals surface area contributed by atoms with E-state index in [2.05, 4.69) is 29.6 Å². The van der Waals surface area contributed by atoms with Crippen molar-refractivity contribution in [2.75, 3.05) is 20.1 Å². The van der Waals surface area contributed by atoms with Crippen molar-refractivity contribution in [2.24, 2.45) is 7.05 Å². The number of rotatable bonds is 4.